The molecule has 4 nitrogen and oxygen atoms in total. The maximum absolute atomic E-state index is 12.4. The van der Waals surface area contributed by atoms with Gasteiger partial charge in [0.2, 0.25) is 5.91 Å². The highest BCUT2D eigenvalue weighted by Gasteiger charge is 2.25. The van der Waals surface area contributed by atoms with Crippen LogP contribution in [0.1, 0.15) is 38.7 Å². The van der Waals surface area contributed by atoms with E-state index in [2.05, 4.69) is 10.2 Å². The minimum absolute atomic E-state index is 0.0579. The number of hydrogen-bond acceptors (Lipinski definition) is 3. The van der Waals surface area contributed by atoms with E-state index in [4.69, 9.17) is 27.9 Å². The van der Waals surface area contributed by atoms with E-state index in [1.54, 1.807) is 0 Å². The molecule has 1 aromatic carbocycles. The van der Waals surface area contributed by atoms with Crippen LogP contribution in [0, 0.1) is 5.92 Å². The van der Waals surface area contributed by atoms with Crippen LogP contribution in [0.2, 0.25) is 10.0 Å². The van der Waals surface area contributed by atoms with Gasteiger partial charge in [-0.1, -0.05) is 29.3 Å². The minimum Gasteiger partial charge on any atom is -0.379 e. The molecule has 25 heavy (non-hydrogen) atoms. The van der Waals surface area contributed by atoms with Crippen molar-refractivity contribution in [3.05, 3.63) is 33.8 Å². The monoisotopic (exact) mass is 386 g/mol. The molecule has 1 aliphatic heterocycles. The Kier molecular flexibility index (Phi) is 8.50. The third-order valence-corrected chi connectivity index (χ3v) is 5.08. The summed E-state index contributed by atoms with van der Waals surface area (Å²) in [4.78, 5) is 14.7. The van der Waals surface area contributed by atoms with Crippen molar-refractivity contribution in [1.82, 2.24) is 10.2 Å². The number of nitrogens with zero attached hydrogens (tertiary/aromatic N) is 1. The van der Waals surface area contributed by atoms with Crippen LogP contribution in [0.3, 0.4) is 0 Å². The standard InChI is InChI=1S/C19H28Cl2N2O2/c1-14(2)25-10-4-8-22-19(24)16-5-3-9-23(13-16)12-15-6-7-17(20)18(21)11-15/h6-7,11,14,16H,3-5,8-10,12-13H2,1-2H3,(H,22,24). The molecule has 0 aromatic heterocycles. The second-order valence-electron chi connectivity index (χ2n) is 6.89. The summed E-state index contributed by atoms with van der Waals surface area (Å²) >= 11 is 12.1. The lowest BCUT2D eigenvalue weighted by Gasteiger charge is -2.32. The molecule has 0 aliphatic carbocycles. The quantitative estimate of drug-likeness (QED) is 0.682. The van der Waals surface area contributed by atoms with Gasteiger partial charge in [-0.15, -0.1) is 0 Å². The number of hydrogen-bond donors (Lipinski definition) is 1. The van der Waals surface area contributed by atoms with Crippen molar-refractivity contribution in [2.45, 2.75) is 45.8 Å². The van der Waals surface area contributed by atoms with Crippen molar-refractivity contribution in [3.63, 3.8) is 0 Å². The Bertz CT molecular complexity index is 566. The number of rotatable bonds is 8. The lowest BCUT2D eigenvalue weighted by Crippen LogP contribution is -2.43. The third kappa shape index (κ3) is 7.14. The first kappa shape index (κ1) is 20.5. The normalized spacial score (nSPS) is 18.5. The van der Waals surface area contributed by atoms with E-state index >= 15 is 0 Å². The number of likely N-dealkylation sites (tertiary alicyclic amines) is 1. The highest BCUT2D eigenvalue weighted by atomic mass is 35.5. The summed E-state index contributed by atoms with van der Waals surface area (Å²) in [5, 5.41) is 4.19. The van der Waals surface area contributed by atoms with Crippen LogP contribution in [0.25, 0.3) is 0 Å². The molecule has 0 spiro atoms. The maximum atomic E-state index is 12.4. The molecular weight excluding hydrogens is 359 g/mol. The predicted octanol–water partition coefficient (Wildman–Crippen LogP) is 4.14. The first-order valence-electron chi connectivity index (χ1n) is 9.01. The number of piperidine rings is 1. The van der Waals surface area contributed by atoms with Crippen LogP contribution >= 0.6 is 23.2 Å². The predicted molar refractivity (Wildman–Crippen MR) is 103 cm³/mol. The number of nitrogens with one attached hydrogen (secondary N) is 1. The molecule has 1 aromatic rings. The number of carbonyl (C=O) groups is 1. The zero-order chi connectivity index (χ0) is 18.2. The molecule has 1 N–H and O–H groups in total. The van der Waals surface area contributed by atoms with E-state index in [0.29, 0.717) is 23.2 Å². The van der Waals surface area contributed by atoms with Crippen molar-refractivity contribution in [2.24, 2.45) is 5.92 Å². The van der Waals surface area contributed by atoms with Crippen molar-refractivity contribution in [3.8, 4) is 0 Å². The number of carbonyl (C=O) groups excluding carboxylic acids is 1. The number of ether oxygens (including phenoxy) is 1. The Labute approximate surface area is 160 Å². The number of halogens is 2. The molecule has 0 saturated carbocycles. The molecule has 1 amide bonds. The van der Waals surface area contributed by atoms with E-state index in [-0.39, 0.29) is 17.9 Å². The summed E-state index contributed by atoms with van der Waals surface area (Å²) in [7, 11) is 0. The Balaban J connectivity index is 1.75. The Morgan fingerprint density at radius 1 is 1.36 bits per heavy atom. The highest BCUT2D eigenvalue weighted by Crippen LogP contribution is 2.24. The third-order valence-electron chi connectivity index (χ3n) is 4.34. The number of benzene rings is 1. The first-order chi connectivity index (χ1) is 12.0. The fraction of sp³-hybridized carbons (Fsp3) is 0.632. The highest BCUT2D eigenvalue weighted by molar-refractivity contribution is 6.42. The second-order valence-corrected chi connectivity index (χ2v) is 7.70. The van der Waals surface area contributed by atoms with Gasteiger partial charge >= 0.3 is 0 Å². The van der Waals surface area contributed by atoms with E-state index in [1.165, 1.54) is 0 Å². The average Bonchev–Trinajstić information content (AvgIpc) is 2.58. The van der Waals surface area contributed by atoms with Gasteiger partial charge in [0.05, 0.1) is 22.1 Å². The largest absolute Gasteiger partial charge is 0.379 e. The fourth-order valence-corrected chi connectivity index (χ4v) is 3.38. The number of amides is 1. The molecule has 1 unspecified atom stereocenters. The van der Waals surface area contributed by atoms with Crippen LogP contribution in [-0.4, -0.2) is 43.2 Å². The topological polar surface area (TPSA) is 41.6 Å². The summed E-state index contributed by atoms with van der Waals surface area (Å²) in [5.41, 5.74) is 1.13. The van der Waals surface area contributed by atoms with Crippen LogP contribution in [-0.2, 0) is 16.1 Å². The average molecular weight is 387 g/mol. The lowest BCUT2D eigenvalue weighted by molar-refractivity contribution is -0.126. The molecule has 6 heteroatoms. The summed E-state index contributed by atoms with van der Waals surface area (Å²) in [6.07, 6.45) is 3.08. The van der Waals surface area contributed by atoms with Crippen LogP contribution in [0.4, 0.5) is 0 Å². The van der Waals surface area contributed by atoms with Gasteiger partial charge in [0.1, 0.15) is 0 Å². The SMILES string of the molecule is CC(C)OCCCNC(=O)C1CCCN(Cc2ccc(Cl)c(Cl)c2)C1. The van der Waals surface area contributed by atoms with Crippen molar-refractivity contribution in [2.75, 3.05) is 26.2 Å². The fourth-order valence-electron chi connectivity index (χ4n) is 3.06. The Morgan fingerprint density at radius 3 is 2.88 bits per heavy atom. The van der Waals surface area contributed by atoms with Gasteiger partial charge < -0.3 is 10.1 Å². The van der Waals surface area contributed by atoms with Gasteiger partial charge in [0.25, 0.3) is 0 Å². The summed E-state index contributed by atoms with van der Waals surface area (Å²) < 4.78 is 5.49. The molecule has 1 fully saturated rings. The smallest absolute Gasteiger partial charge is 0.224 e. The summed E-state index contributed by atoms with van der Waals surface area (Å²) in [6, 6.07) is 5.72. The van der Waals surface area contributed by atoms with E-state index in [1.807, 2.05) is 32.0 Å². The molecule has 1 heterocycles. The molecular formula is C19H28Cl2N2O2. The van der Waals surface area contributed by atoms with Gasteiger partial charge in [-0.3, -0.25) is 9.69 Å². The van der Waals surface area contributed by atoms with Gasteiger partial charge in [0, 0.05) is 26.2 Å². The molecule has 1 atom stereocenters. The molecule has 1 aliphatic rings. The van der Waals surface area contributed by atoms with Crippen LogP contribution < -0.4 is 5.32 Å². The van der Waals surface area contributed by atoms with E-state index < -0.39 is 0 Å². The zero-order valence-corrected chi connectivity index (χ0v) is 16.6. The van der Waals surface area contributed by atoms with Crippen molar-refractivity contribution in [1.29, 1.82) is 0 Å². The summed E-state index contributed by atoms with van der Waals surface area (Å²) in [6.45, 7) is 7.98. The molecule has 1 saturated heterocycles. The van der Waals surface area contributed by atoms with Crippen LogP contribution in [0.5, 0.6) is 0 Å². The zero-order valence-electron chi connectivity index (χ0n) is 15.1. The van der Waals surface area contributed by atoms with E-state index in [0.717, 1.165) is 44.5 Å². The van der Waals surface area contributed by atoms with Gasteiger partial charge in [-0.05, 0) is 57.4 Å². The second kappa shape index (κ2) is 10.4. The molecule has 0 radical (unpaired) electrons. The molecule has 140 valence electrons. The van der Waals surface area contributed by atoms with Gasteiger partial charge in [0.15, 0.2) is 0 Å². The first-order valence-corrected chi connectivity index (χ1v) is 9.77. The van der Waals surface area contributed by atoms with E-state index in [9.17, 15) is 4.79 Å². The van der Waals surface area contributed by atoms with Gasteiger partial charge in [-0.2, -0.15) is 0 Å². The van der Waals surface area contributed by atoms with Crippen molar-refractivity contribution < 1.29 is 9.53 Å². The van der Waals surface area contributed by atoms with Crippen molar-refractivity contribution >= 4 is 29.1 Å². The lowest BCUT2D eigenvalue weighted by atomic mass is 9.96. The Morgan fingerprint density at radius 2 is 2.16 bits per heavy atom. The Hall–Kier alpha value is -0.810. The van der Waals surface area contributed by atoms with Crippen LogP contribution in [0.15, 0.2) is 18.2 Å². The summed E-state index contributed by atoms with van der Waals surface area (Å²) in [5.74, 6) is 0.214. The maximum Gasteiger partial charge on any atom is 0.224 e. The minimum atomic E-state index is 0.0579. The molecule has 0 bridgehead atoms. The van der Waals surface area contributed by atoms with Gasteiger partial charge in [-0.25, -0.2) is 0 Å². The molecule has 2 rings (SSSR count).